The van der Waals surface area contributed by atoms with Gasteiger partial charge in [-0.15, -0.1) is 5.10 Å². The maximum atomic E-state index is 12.2. The lowest BCUT2D eigenvalue weighted by atomic mass is 10.1. The summed E-state index contributed by atoms with van der Waals surface area (Å²) in [6.07, 6.45) is 0.427. The number of ether oxygens (including phenoxy) is 2. The molecule has 3 aromatic rings. The molecule has 1 aromatic heterocycles. The minimum atomic E-state index is -0.319. The first-order valence-corrected chi connectivity index (χ1v) is 8.74. The maximum Gasteiger partial charge on any atom is 0.322 e. The van der Waals surface area contributed by atoms with Gasteiger partial charge in [0.2, 0.25) is 5.89 Å². The van der Waals surface area contributed by atoms with E-state index in [0.717, 1.165) is 15.8 Å². The summed E-state index contributed by atoms with van der Waals surface area (Å²) in [4.78, 5) is 12.2. The summed E-state index contributed by atoms with van der Waals surface area (Å²) in [6.45, 7) is 1.08. The van der Waals surface area contributed by atoms with Crippen LogP contribution in [0.3, 0.4) is 0 Å². The van der Waals surface area contributed by atoms with Gasteiger partial charge in [0.05, 0.1) is 6.42 Å². The number of amides is 1. The van der Waals surface area contributed by atoms with Crippen LogP contribution in [0.1, 0.15) is 21.8 Å². The minimum absolute atomic E-state index is 0.0579. The van der Waals surface area contributed by atoms with Crippen LogP contribution in [0.5, 0.6) is 11.5 Å². The van der Waals surface area contributed by atoms with E-state index in [1.807, 2.05) is 24.3 Å². The second kappa shape index (κ2) is 7.17. The number of hydrogen-bond donors (Lipinski definition) is 1. The Morgan fingerprint density at radius 1 is 1.08 bits per heavy atom. The van der Waals surface area contributed by atoms with Gasteiger partial charge in [-0.05, 0) is 35.9 Å². The Balaban J connectivity index is 1.44. The van der Waals surface area contributed by atoms with Gasteiger partial charge < -0.3 is 13.9 Å². The second-order valence-corrected chi connectivity index (χ2v) is 6.54. The van der Waals surface area contributed by atoms with Gasteiger partial charge in [0.15, 0.2) is 11.5 Å². The highest BCUT2D eigenvalue weighted by Crippen LogP contribution is 2.31. The van der Waals surface area contributed by atoms with Crippen LogP contribution >= 0.6 is 15.9 Å². The normalized spacial score (nSPS) is 12.7. The van der Waals surface area contributed by atoms with Gasteiger partial charge in [-0.25, -0.2) is 0 Å². The Morgan fingerprint density at radius 2 is 1.92 bits per heavy atom. The highest BCUT2D eigenvalue weighted by Gasteiger charge is 2.15. The van der Waals surface area contributed by atoms with E-state index < -0.39 is 0 Å². The minimum Gasteiger partial charge on any atom is -0.486 e. The molecule has 132 valence electrons. The highest BCUT2D eigenvalue weighted by molar-refractivity contribution is 9.10. The van der Waals surface area contributed by atoms with Crippen LogP contribution in [0.4, 0.5) is 6.01 Å². The largest absolute Gasteiger partial charge is 0.486 e. The number of halogens is 1. The van der Waals surface area contributed by atoms with Crippen molar-refractivity contribution in [3.05, 3.63) is 64.0 Å². The summed E-state index contributed by atoms with van der Waals surface area (Å²) >= 11 is 3.33. The first kappa shape index (κ1) is 16.6. The third kappa shape index (κ3) is 3.70. The lowest BCUT2D eigenvalue weighted by Crippen LogP contribution is -2.15. The molecule has 1 aliphatic heterocycles. The van der Waals surface area contributed by atoms with Crippen molar-refractivity contribution in [1.29, 1.82) is 0 Å². The Hall–Kier alpha value is -2.87. The van der Waals surface area contributed by atoms with Gasteiger partial charge in [-0.1, -0.05) is 33.2 Å². The van der Waals surface area contributed by atoms with Crippen LogP contribution in [0.2, 0.25) is 0 Å². The fraction of sp³-hybridized carbons (Fsp3) is 0.167. The second-order valence-electron chi connectivity index (χ2n) is 5.62. The van der Waals surface area contributed by atoms with E-state index in [9.17, 15) is 4.79 Å². The first-order chi connectivity index (χ1) is 12.7. The number of carbonyl (C=O) groups is 1. The molecule has 0 spiro atoms. The van der Waals surface area contributed by atoms with Crippen molar-refractivity contribution in [3.8, 4) is 11.5 Å². The first-order valence-electron chi connectivity index (χ1n) is 7.95. The topological polar surface area (TPSA) is 86.5 Å². The van der Waals surface area contributed by atoms with Crippen molar-refractivity contribution in [3.63, 3.8) is 0 Å². The number of aromatic nitrogens is 2. The number of hydrogen-bond acceptors (Lipinski definition) is 6. The van der Waals surface area contributed by atoms with Crippen molar-refractivity contribution < 1.29 is 18.7 Å². The quantitative estimate of drug-likeness (QED) is 0.701. The van der Waals surface area contributed by atoms with Crippen LogP contribution in [-0.4, -0.2) is 29.3 Å². The third-order valence-electron chi connectivity index (χ3n) is 3.74. The van der Waals surface area contributed by atoms with Gasteiger partial charge in [0, 0.05) is 10.0 Å². The maximum absolute atomic E-state index is 12.2. The van der Waals surface area contributed by atoms with Crippen molar-refractivity contribution in [2.24, 2.45) is 0 Å². The van der Waals surface area contributed by atoms with E-state index in [4.69, 9.17) is 13.9 Å². The summed E-state index contributed by atoms with van der Waals surface area (Å²) in [6, 6.07) is 12.7. The Kier molecular flexibility index (Phi) is 4.57. The standard InChI is InChI=1S/C18H14BrN3O4/c19-13-3-1-2-12(10-13)17(23)20-18-22-21-16(26-18)9-11-4-5-14-15(8-11)25-7-6-24-14/h1-5,8,10H,6-7,9H2,(H,20,22,23). The molecule has 1 N–H and O–H groups in total. The van der Waals surface area contributed by atoms with Gasteiger partial charge >= 0.3 is 6.01 Å². The zero-order valence-corrected chi connectivity index (χ0v) is 15.2. The third-order valence-corrected chi connectivity index (χ3v) is 4.23. The van der Waals surface area contributed by atoms with Crippen LogP contribution in [0.25, 0.3) is 0 Å². The molecule has 1 aliphatic rings. The van der Waals surface area contributed by atoms with E-state index in [2.05, 4.69) is 31.4 Å². The molecular formula is C18H14BrN3O4. The summed E-state index contributed by atoms with van der Waals surface area (Å²) in [5.41, 5.74) is 1.44. The van der Waals surface area contributed by atoms with Crippen molar-refractivity contribution >= 4 is 27.9 Å². The van der Waals surface area contributed by atoms with Crippen LogP contribution < -0.4 is 14.8 Å². The molecule has 7 nitrogen and oxygen atoms in total. The number of nitrogens with zero attached hydrogens (tertiary/aromatic N) is 2. The smallest absolute Gasteiger partial charge is 0.322 e. The monoisotopic (exact) mass is 415 g/mol. The lowest BCUT2D eigenvalue weighted by Gasteiger charge is -2.18. The molecule has 0 saturated carbocycles. The fourth-order valence-corrected chi connectivity index (χ4v) is 2.95. The molecular weight excluding hydrogens is 402 g/mol. The van der Waals surface area contributed by atoms with E-state index in [-0.39, 0.29) is 11.9 Å². The molecule has 0 bridgehead atoms. The fourth-order valence-electron chi connectivity index (χ4n) is 2.55. The van der Waals surface area contributed by atoms with Gasteiger partial charge in [0.1, 0.15) is 13.2 Å². The lowest BCUT2D eigenvalue weighted by molar-refractivity contribution is 0.102. The average Bonchev–Trinajstić information content (AvgIpc) is 3.08. The van der Waals surface area contributed by atoms with E-state index in [1.165, 1.54) is 0 Å². The number of fused-ring (bicyclic) bond motifs is 1. The number of rotatable bonds is 4. The van der Waals surface area contributed by atoms with Crippen molar-refractivity contribution in [1.82, 2.24) is 10.2 Å². The number of anilines is 1. The number of carbonyl (C=O) groups excluding carboxylic acids is 1. The Labute approximate surface area is 157 Å². The Bertz CT molecular complexity index is 957. The summed E-state index contributed by atoms with van der Waals surface area (Å²) in [5.74, 6) is 1.51. The van der Waals surface area contributed by atoms with Gasteiger partial charge in [0.25, 0.3) is 5.91 Å². The summed E-state index contributed by atoms with van der Waals surface area (Å²) < 4.78 is 17.4. The molecule has 0 radical (unpaired) electrons. The zero-order chi connectivity index (χ0) is 17.9. The molecule has 8 heteroatoms. The van der Waals surface area contributed by atoms with Gasteiger partial charge in [-0.2, -0.15) is 0 Å². The SMILES string of the molecule is O=C(Nc1nnc(Cc2ccc3c(c2)OCCO3)o1)c1cccc(Br)c1. The molecule has 0 fully saturated rings. The van der Waals surface area contributed by atoms with Crippen molar-refractivity contribution in [2.75, 3.05) is 18.5 Å². The van der Waals surface area contributed by atoms with Crippen LogP contribution in [0, 0.1) is 0 Å². The predicted octanol–water partition coefficient (Wildman–Crippen LogP) is 3.45. The molecule has 26 heavy (non-hydrogen) atoms. The van der Waals surface area contributed by atoms with Gasteiger partial charge in [-0.3, -0.25) is 10.1 Å². The molecule has 0 saturated heterocycles. The van der Waals surface area contributed by atoms with Crippen LogP contribution in [-0.2, 0) is 6.42 Å². The molecule has 0 aliphatic carbocycles. The highest BCUT2D eigenvalue weighted by atomic mass is 79.9. The molecule has 4 rings (SSSR count). The van der Waals surface area contributed by atoms with E-state index in [1.54, 1.807) is 18.2 Å². The molecule has 2 heterocycles. The number of nitrogens with one attached hydrogen (secondary N) is 1. The molecule has 0 atom stereocenters. The average molecular weight is 416 g/mol. The number of benzene rings is 2. The van der Waals surface area contributed by atoms with Crippen molar-refractivity contribution in [2.45, 2.75) is 6.42 Å². The van der Waals surface area contributed by atoms with E-state index >= 15 is 0 Å². The predicted molar refractivity (Wildman–Crippen MR) is 96.6 cm³/mol. The summed E-state index contributed by atoms with van der Waals surface area (Å²) in [5, 5.41) is 10.4. The Morgan fingerprint density at radius 3 is 2.77 bits per heavy atom. The summed E-state index contributed by atoms with van der Waals surface area (Å²) in [7, 11) is 0. The van der Waals surface area contributed by atoms with Crippen LogP contribution in [0.15, 0.2) is 51.4 Å². The molecule has 0 unspecified atom stereocenters. The van der Waals surface area contributed by atoms with E-state index in [0.29, 0.717) is 36.8 Å². The molecule has 2 aromatic carbocycles. The molecule has 1 amide bonds. The zero-order valence-electron chi connectivity index (χ0n) is 13.6.